The monoisotopic (exact) mass is 550 g/mol. The summed E-state index contributed by atoms with van der Waals surface area (Å²) in [4.78, 5) is 17.0. The summed E-state index contributed by atoms with van der Waals surface area (Å²) >= 11 is 0. The Hall–Kier alpha value is -3.90. The quantitative estimate of drug-likeness (QED) is 0.228. The van der Waals surface area contributed by atoms with Gasteiger partial charge in [0.2, 0.25) is 0 Å². The molecular weight excluding hydrogens is 526 g/mol. The zero-order chi connectivity index (χ0) is 28.1. The summed E-state index contributed by atoms with van der Waals surface area (Å²) < 4.78 is 82.8. The summed E-state index contributed by atoms with van der Waals surface area (Å²) in [6, 6.07) is 8.33. The zero-order valence-electron chi connectivity index (χ0n) is 21.0. The van der Waals surface area contributed by atoms with Crippen molar-refractivity contribution in [3.63, 3.8) is 0 Å². The fraction of sp³-hybridized carbons (Fsp3) is 0.385. The van der Waals surface area contributed by atoms with Crippen molar-refractivity contribution in [3.8, 4) is 11.3 Å². The third kappa shape index (κ3) is 5.62. The Kier molecular flexibility index (Phi) is 6.63. The van der Waals surface area contributed by atoms with Gasteiger partial charge in [0.15, 0.2) is 22.7 Å². The van der Waals surface area contributed by atoms with Crippen LogP contribution in [0.15, 0.2) is 36.4 Å². The van der Waals surface area contributed by atoms with Crippen molar-refractivity contribution < 1.29 is 31.1 Å². The molecule has 0 aliphatic heterocycles. The maximum atomic E-state index is 13.9. The summed E-state index contributed by atoms with van der Waals surface area (Å²) in [5.41, 5.74) is 0.541. The molecule has 1 aliphatic rings. The van der Waals surface area contributed by atoms with Crippen LogP contribution in [0.4, 0.5) is 26.3 Å². The Morgan fingerprint density at radius 2 is 1.72 bits per heavy atom. The minimum atomic E-state index is -4.76. The lowest BCUT2D eigenvalue weighted by Crippen LogP contribution is -2.26. The van der Waals surface area contributed by atoms with Gasteiger partial charge in [-0.3, -0.25) is 9.48 Å². The molecule has 1 aromatic carbocycles. The molecule has 1 N–H and O–H groups in total. The molecule has 1 aliphatic carbocycles. The number of halogens is 6. The van der Waals surface area contributed by atoms with Crippen LogP contribution in [0.25, 0.3) is 16.9 Å². The topological polar surface area (TPSA) is 77.1 Å². The second-order valence-electron chi connectivity index (χ2n) is 9.68. The highest BCUT2D eigenvalue weighted by Crippen LogP contribution is 2.42. The SMILES string of the molecule is Cc1ccc(-c2cc(C(F)(F)F)n3nc(C(=O)NCCCn4nc(C(F)(F)F)cc4C4CC4)cc3n2)cc1C. The van der Waals surface area contributed by atoms with Gasteiger partial charge in [0, 0.05) is 36.3 Å². The first kappa shape index (κ1) is 26.7. The van der Waals surface area contributed by atoms with Crippen LogP contribution in [0.1, 0.15) is 63.9 Å². The summed E-state index contributed by atoms with van der Waals surface area (Å²) in [6.07, 6.45) is -7.44. The molecule has 206 valence electrons. The molecule has 0 atom stereocenters. The van der Waals surface area contributed by atoms with Gasteiger partial charge in [0.05, 0.1) is 5.69 Å². The first-order chi connectivity index (χ1) is 18.3. The van der Waals surface area contributed by atoms with E-state index in [0.717, 1.165) is 36.1 Å². The first-order valence-electron chi connectivity index (χ1n) is 12.3. The molecule has 3 aromatic heterocycles. The summed E-state index contributed by atoms with van der Waals surface area (Å²) in [5, 5.41) is 10.1. The number of rotatable bonds is 7. The van der Waals surface area contributed by atoms with Crippen molar-refractivity contribution in [1.29, 1.82) is 0 Å². The molecule has 5 rings (SSSR count). The van der Waals surface area contributed by atoms with Crippen LogP contribution in [0.3, 0.4) is 0 Å². The van der Waals surface area contributed by atoms with Gasteiger partial charge >= 0.3 is 12.4 Å². The average molecular weight is 551 g/mol. The van der Waals surface area contributed by atoms with Crippen molar-refractivity contribution in [2.45, 2.75) is 57.9 Å². The maximum absolute atomic E-state index is 13.9. The summed E-state index contributed by atoms with van der Waals surface area (Å²) in [5.74, 6) is -0.676. The minimum Gasteiger partial charge on any atom is -0.351 e. The van der Waals surface area contributed by atoms with E-state index in [2.05, 4.69) is 20.5 Å². The molecule has 3 heterocycles. The second kappa shape index (κ2) is 9.69. The van der Waals surface area contributed by atoms with Gasteiger partial charge in [-0.2, -0.15) is 36.5 Å². The second-order valence-corrected chi connectivity index (χ2v) is 9.68. The molecule has 39 heavy (non-hydrogen) atoms. The van der Waals surface area contributed by atoms with Crippen LogP contribution in [-0.4, -0.2) is 36.8 Å². The van der Waals surface area contributed by atoms with Gasteiger partial charge < -0.3 is 5.32 Å². The van der Waals surface area contributed by atoms with Crippen molar-refractivity contribution in [2.75, 3.05) is 6.54 Å². The van der Waals surface area contributed by atoms with Crippen LogP contribution in [0.5, 0.6) is 0 Å². The summed E-state index contributed by atoms with van der Waals surface area (Å²) in [6.45, 7) is 3.94. The Morgan fingerprint density at radius 1 is 0.974 bits per heavy atom. The smallest absolute Gasteiger partial charge is 0.351 e. The maximum Gasteiger partial charge on any atom is 0.435 e. The fourth-order valence-corrected chi connectivity index (χ4v) is 4.31. The Bertz CT molecular complexity index is 1550. The number of hydrogen-bond donors (Lipinski definition) is 1. The molecule has 1 saturated carbocycles. The molecule has 7 nitrogen and oxygen atoms in total. The standard InChI is InChI=1S/C26H24F6N6O/c1-14-4-5-17(10-15(14)2)18-11-22(26(30,31)32)38-23(34-18)12-19(35-38)24(39)33-8-3-9-37-20(16-6-7-16)13-21(36-37)25(27,28)29/h4-5,10-13,16H,3,6-9H2,1-2H3,(H,33,39). The first-order valence-corrected chi connectivity index (χ1v) is 12.3. The molecule has 1 fully saturated rings. The number of hydrogen-bond acceptors (Lipinski definition) is 4. The Labute approximate surface area is 218 Å². The molecular formula is C26H24F6N6O. The number of fused-ring (bicyclic) bond motifs is 1. The molecule has 0 spiro atoms. The third-order valence-corrected chi connectivity index (χ3v) is 6.68. The fourth-order valence-electron chi connectivity index (χ4n) is 4.31. The van der Waals surface area contributed by atoms with Gasteiger partial charge in [-0.05, 0) is 62.4 Å². The van der Waals surface area contributed by atoms with E-state index < -0.39 is 29.6 Å². The third-order valence-electron chi connectivity index (χ3n) is 6.68. The van der Waals surface area contributed by atoms with Crippen LogP contribution < -0.4 is 5.32 Å². The molecule has 1 amide bonds. The number of nitrogens with one attached hydrogen (secondary N) is 1. The lowest BCUT2D eigenvalue weighted by atomic mass is 10.0. The molecule has 0 unspecified atom stereocenters. The van der Waals surface area contributed by atoms with Crippen LogP contribution in [-0.2, 0) is 18.9 Å². The predicted octanol–water partition coefficient (Wildman–Crippen LogP) is 5.94. The summed E-state index contributed by atoms with van der Waals surface area (Å²) in [7, 11) is 0. The molecule has 0 bridgehead atoms. The number of amides is 1. The van der Waals surface area contributed by atoms with Crippen LogP contribution in [0.2, 0.25) is 0 Å². The molecule has 4 aromatic rings. The lowest BCUT2D eigenvalue weighted by Gasteiger charge is -2.11. The van der Waals surface area contributed by atoms with E-state index in [-0.39, 0.29) is 42.5 Å². The van der Waals surface area contributed by atoms with Crippen molar-refractivity contribution in [3.05, 3.63) is 70.3 Å². The Morgan fingerprint density at radius 3 is 2.36 bits per heavy atom. The van der Waals surface area contributed by atoms with Gasteiger partial charge in [0.1, 0.15) is 0 Å². The number of benzene rings is 1. The highest BCUT2D eigenvalue weighted by atomic mass is 19.4. The largest absolute Gasteiger partial charge is 0.435 e. The van der Waals surface area contributed by atoms with E-state index in [1.807, 2.05) is 13.8 Å². The van der Waals surface area contributed by atoms with Gasteiger partial charge in [-0.15, -0.1) is 0 Å². The van der Waals surface area contributed by atoms with E-state index in [1.165, 1.54) is 10.7 Å². The number of aryl methyl sites for hydroxylation is 3. The van der Waals surface area contributed by atoms with E-state index in [9.17, 15) is 31.1 Å². The molecule has 0 radical (unpaired) electrons. The zero-order valence-corrected chi connectivity index (χ0v) is 21.0. The van der Waals surface area contributed by atoms with Crippen molar-refractivity contribution in [2.24, 2.45) is 0 Å². The van der Waals surface area contributed by atoms with E-state index in [0.29, 0.717) is 15.8 Å². The van der Waals surface area contributed by atoms with E-state index in [1.54, 1.807) is 18.2 Å². The molecule has 0 saturated heterocycles. The average Bonchev–Trinajstić information content (AvgIpc) is 3.45. The van der Waals surface area contributed by atoms with Crippen molar-refractivity contribution >= 4 is 11.6 Å². The van der Waals surface area contributed by atoms with E-state index in [4.69, 9.17) is 0 Å². The molecule has 13 heteroatoms. The van der Waals surface area contributed by atoms with E-state index >= 15 is 0 Å². The van der Waals surface area contributed by atoms with Crippen LogP contribution >= 0.6 is 0 Å². The predicted molar refractivity (Wildman–Crippen MR) is 129 cm³/mol. The number of aromatic nitrogens is 5. The normalized spacial score (nSPS) is 14.3. The number of carbonyl (C=O) groups excluding carboxylic acids is 1. The highest BCUT2D eigenvalue weighted by Gasteiger charge is 2.38. The van der Waals surface area contributed by atoms with Gasteiger partial charge in [-0.25, -0.2) is 9.50 Å². The van der Waals surface area contributed by atoms with Gasteiger partial charge in [0.25, 0.3) is 5.91 Å². The highest BCUT2D eigenvalue weighted by molar-refractivity contribution is 5.93. The number of alkyl halides is 6. The Balaban J connectivity index is 1.32. The van der Waals surface area contributed by atoms with Crippen molar-refractivity contribution in [1.82, 2.24) is 29.7 Å². The van der Waals surface area contributed by atoms with Crippen LogP contribution in [0, 0.1) is 13.8 Å². The number of nitrogens with zero attached hydrogens (tertiary/aromatic N) is 5. The number of carbonyl (C=O) groups is 1. The lowest BCUT2D eigenvalue weighted by molar-refractivity contribution is -0.143. The van der Waals surface area contributed by atoms with Gasteiger partial charge in [-0.1, -0.05) is 12.1 Å². The minimum absolute atomic E-state index is 0.0465.